The third-order valence-corrected chi connectivity index (χ3v) is 8.06. The number of carbonyl (C=O) groups is 2. The van der Waals surface area contributed by atoms with E-state index in [1.807, 2.05) is 4.90 Å². The van der Waals surface area contributed by atoms with E-state index in [2.05, 4.69) is 12.2 Å². The average molecular weight is 412 g/mol. The molecule has 0 radical (unpaired) electrons. The van der Waals surface area contributed by atoms with Crippen molar-refractivity contribution in [2.75, 3.05) is 26.1 Å². The van der Waals surface area contributed by atoms with Crippen molar-refractivity contribution in [3.05, 3.63) is 29.0 Å². The van der Waals surface area contributed by atoms with Gasteiger partial charge >= 0.3 is 5.97 Å². The van der Waals surface area contributed by atoms with Gasteiger partial charge in [-0.2, -0.15) is 0 Å². The molecule has 1 aliphatic carbocycles. The fraction of sp³-hybridized carbons (Fsp3) is 0.545. The summed E-state index contributed by atoms with van der Waals surface area (Å²) in [6, 6.07) is 3.34. The van der Waals surface area contributed by atoms with Crippen molar-refractivity contribution >= 4 is 17.6 Å². The molecule has 3 saturated heterocycles. The number of nitrogens with one attached hydrogen (secondary N) is 1. The first-order valence-electron chi connectivity index (χ1n) is 10.4. The van der Waals surface area contributed by atoms with Crippen LogP contribution in [0.3, 0.4) is 0 Å². The zero-order valence-electron chi connectivity index (χ0n) is 17.2. The molecule has 4 heterocycles. The van der Waals surface area contributed by atoms with Crippen molar-refractivity contribution in [2.24, 2.45) is 5.41 Å². The van der Waals surface area contributed by atoms with Crippen molar-refractivity contribution in [1.29, 1.82) is 0 Å². The molecule has 3 fully saturated rings. The van der Waals surface area contributed by atoms with Crippen LogP contribution in [0.1, 0.15) is 31.7 Å². The SMILES string of the molecule is CCC12CC(C(=O)OC)=C3Nc4cc(OC)c(O)cc4C34CCN(C(=O)C3OC31)C42. The Morgan fingerprint density at radius 2 is 2.20 bits per heavy atom. The molecule has 1 aromatic rings. The normalized spacial score (nSPS) is 37.1. The molecule has 8 heteroatoms. The number of esters is 1. The molecule has 8 nitrogen and oxygen atoms in total. The quantitative estimate of drug-likeness (QED) is 0.443. The maximum absolute atomic E-state index is 13.1. The summed E-state index contributed by atoms with van der Waals surface area (Å²) in [5, 5.41) is 14.0. The van der Waals surface area contributed by atoms with E-state index in [0.717, 1.165) is 23.4 Å². The fourth-order valence-electron chi connectivity index (χ4n) is 6.83. The number of piperidine rings is 1. The first kappa shape index (κ1) is 18.1. The number of epoxide rings is 1. The van der Waals surface area contributed by atoms with Gasteiger partial charge in [-0.1, -0.05) is 6.92 Å². The molecule has 158 valence electrons. The highest BCUT2D eigenvalue weighted by atomic mass is 16.6. The monoisotopic (exact) mass is 412 g/mol. The maximum atomic E-state index is 13.1. The topological polar surface area (TPSA) is 101 Å². The lowest BCUT2D eigenvalue weighted by atomic mass is 9.53. The number of benzene rings is 1. The van der Waals surface area contributed by atoms with E-state index in [0.29, 0.717) is 30.7 Å². The van der Waals surface area contributed by atoms with Crippen LogP contribution in [0.4, 0.5) is 5.69 Å². The van der Waals surface area contributed by atoms with Crippen molar-refractivity contribution in [1.82, 2.24) is 4.90 Å². The number of hydrogen-bond donors (Lipinski definition) is 2. The van der Waals surface area contributed by atoms with Crippen LogP contribution in [0.15, 0.2) is 23.4 Å². The molecule has 2 N–H and O–H groups in total. The first-order valence-corrected chi connectivity index (χ1v) is 10.4. The van der Waals surface area contributed by atoms with Crippen molar-refractivity contribution < 1.29 is 28.9 Å². The molecule has 5 atom stereocenters. The van der Waals surface area contributed by atoms with E-state index in [-0.39, 0.29) is 35.2 Å². The molecule has 0 bridgehead atoms. The Hall–Kier alpha value is -2.74. The number of hydrogen-bond acceptors (Lipinski definition) is 7. The summed E-state index contributed by atoms with van der Waals surface area (Å²) in [5.74, 6) is 0.0817. The number of fused-ring (bicyclic) bond motifs is 3. The lowest BCUT2D eigenvalue weighted by Gasteiger charge is -2.54. The van der Waals surface area contributed by atoms with Gasteiger partial charge in [0.2, 0.25) is 0 Å². The fourth-order valence-corrected chi connectivity index (χ4v) is 6.83. The largest absolute Gasteiger partial charge is 0.504 e. The van der Waals surface area contributed by atoms with Crippen LogP contribution in [-0.2, 0) is 24.5 Å². The maximum Gasteiger partial charge on any atom is 0.335 e. The van der Waals surface area contributed by atoms with E-state index >= 15 is 0 Å². The van der Waals surface area contributed by atoms with E-state index in [4.69, 9.17) is 14.2 Å². The number of methoxy groups -OCH3 is 2. The number of phenolic OH excluding ortho intramolecular Hbond substituents is 1. The summed E-state index contributed by atoms with van der Waals surface area (Å²) in [6.45, 7) is 2.69. The molecule has 30 heavy (non-hydrogen) atoms. The summed E-state index contributed by atoms with van der Waals surface area (Å²) in [5.41, 5.74) is 2.11. The Balaban J connectivity index is 1.66. The van der Waals surface area contributed by atoms with Gasteiger partial charge in [0.05, 0.1) is 31.2 Å². The summed E-state index contributed by atoms with van der Waals surface area (Å²) < 4.78 is 16.4. The lowest BCUT2D eigenvalue weighted by Crippen LogP contribution is -2.64. The van der Waals surface area contributed by atoms with Crippen molar-refractivity contribution in [3.8, 4) is 11.5 Å². The van der Waals surface area contributed by atoms with Crippen LogP contribution in [0.2, 0.25) is 0 Å². The second-order valence-corrected chi connectivity index (χ2v) is 8.94. The molecule has 1 aromatic carbocycles. The number of carbonyl (C=O) groups excluding carboxylic acids is 2. The molecule has 0 saturated carbocycles. The van der Waals surface area contributed by atoms with E-state index in [1.54, 1.807) is 12.1 Å². The molecule has 1 spiro atoms. The Kier molecular flexibility index (Phi) is 3.30. The van der Waals surface area contributed by atoms with E-state index in [9.17, 15) is 14.7 Å². The summed E-state index contributed by atoms with van der Waals surface area (Å²) in [7, 11) is 2.90. The predicted molar refractivity (Wildman–Crippen MR) is 105 cm³/mol. The van der Waals surface area contributed by atoms with Crippen LogP contribution in [0.5, 0.6) is 11.5 Å². The van der Waals surface area contributed by atoms with Crippen molar-refractivity contribution in [3.63, 3.8) is 0 Å². The second-order valence-electron chi connectivity index (χ2n) is 8.94. The molecule has 1 amide bonds. The number of aromatic hydroxyl groups is 1. The third-order valence-electron chi connectivity index (χ3n) is 8.06. The van der Waals surface area contributed by atoms with E-state index < -0.39 is 11.5 Å². The highest BCUT2D eigenvalue weighted by Crippen LogP contribution is 2.68. The van der Waals surface area contributed by atoms with Crippen LogP contribution in [-0.4, -0.2) is 60.9 Å². The molecule has 5 aliphatic rings. The van der Waals surface area contributed by atoms with Gasteiger partial charge in [-0.25, -0.2) is 4.79 Å². The standard InChI is InChI=1S/C22H24N2O6/c1-4-21-9-10(19(27)29-3)16-22(11-7-13(25)14(28-2)8-12(11)23-16)5-6-24(20(21)22)18(26)15-17(21)30-15/h7-8,15,17,20,23,25H,4-6,9H2,1-3H3. The lowest BCUT2D eigenvalue weighted by molar-refractivity contribution is -0.141. The van der Waals surface area contributed by atoms with Gasteiger partial charge in [-0.05, 0) is 30.9 Å². The number of ether oxygens (including phenoxy) is 3. The highest BCUT2D eigenvalue weighted by Gasteiger charge is 2.76. The minimum absolute atomic E-state index is 0.0398. The van der Waals surface area contributed by atoms with Crippen molar-refractivity contribution in [2.45, 2.75) is 49.9 Å². The molecule has 4 aliphatic heterocycles. The minimum Gasteiger partial charge on any atom is -0.504 e. The number of anilines is 1. The Bertz CT molecular complexity index is 1050. The molecule has 6 rings (SSSR count). The number of amides is 1. The minimum atomic E-state index is -0.608. The van der Waals surface area contributed by atoms with Crippen LogP contribution in [0.25, 0.3) is 0 Å². The van der Waals surface area contributed by atoms with Gasteiger partial charge in [0.25, 0.3) is 5.91 Å². The summed E-state index contributed by atoms with van der Waals surface area (Å²) in [6.07, 6.45) is 1.34. The third kappa shape index (κ3) is 1.79. The first-order chi connectivity index (χ1) is 14.4. The van der Waals surface area contributed by atoms with Crippen LogP contribution < -0.4 is 10.1 Å². The Morgan fingerprint density at radius 3 is 2.90 bits per heavy atom. The van der Waals surface area contributed by atoms with Gasteiger partial charge in [0.1, 0.15) is 6.10 Å². The van der Waals surface area contributed by atoms with Gasteiger partial charge in [0.15, 0.2) is 17.6 Å². The van der Waals surface area contributed by atoms with Gasteiger partial charge in [-0.15, -0.1) is 0 Å². The molecular formula is C22H24N2O6. The molecule has 5 unspecified atom stereocenters. The zero-order valence-corrected chi connectivity index (χ0v) is 17.2. The molecule has 0 aromatic heterocycles. The summed E-state index contributed by atoms with van der Waals surface area (Å²) in [4.78, 5) is 28.0. The number of nitrogens with zero attached hydrogens (tertiary/aromatic N) is 1. The number of phenols is 1. The van der Waals surface area contributed by atoms with Crippen LogP contribution in [0, 0.1) is 5.41 Å². The predicted octanol–water partition coefficient (Wildman–Crippen LogP) is 1.67. The highest BCUT2D eigenvalue weighted by molar-refractivity contribution is 5.95. The smallest absolute Gasteiger partial charge is 0.335 e. The second kappa shape index (κ2) is 5.49. The Morgan fingerprint density at radius 1 is 1.40 bits per heavy atom. The molecular weight excluding hydrogens is 388 g/mol. The Labute approximate surface area is 173 Å². The van der Waals surface area contributed by atoms with Gasteiger partial charge in [0, 0.05) is 29.4 Å². The van der Waals surface area contributed by atoms with Gasteiger partial charge < -0.3 is 29.5 Å². The van der Waals surface area contributed by atoms with Gasteiger partial charge in [-0.3, -0.25) is 4.79 Å². The number of rotatable bonds is 3. The van der Waals surface area contributed by atoms with E-state index in [1.165, 1.54) is 14.2 Å². The summed E-state index contributed by atoms with van der Waals surface area (Å²) >= 11 is 0. The average Bonchev–Trinajstić information content (AvgIpc) is 3.38. The zero-order chi connectivity index (χ0) is 21.0. The van der Waals surface area contributed by atoms with Crippen LogP contribution >= 0.6 is 0 Å².